The lowest BCUT2D eigenvalue weighted by Crippen LogP contribution is -2.16. The smallest absolute Gasteiger partial charge is 0.143 e. The van der Waals surface area contributed by atoms with E-state index in [2.05, 4.69) is 209 Å². The van der Waals surface area contributed by atoms with Crippen molar-refractivity contribution in [2.24, 2.45) is 0 Å². The molecule has 11 rings (SSSR count). The van der Waals surface area contributed by atoms with Crippen LogP contribution in [0.5, 0.6) is 0 Å². The molecule has 0 N–H and O–H groups in total. The van der Waals surface area contributed by atoms with Gasteiger partial charge in [0.15, 0.2) is 0 Å². The molecule has 0 amide bonds. The molecule has 2 aliphatic carbocycles. The topological polar surface area (TPSA) is 16.4 Å². The molecule has 0 saturated carbocycles. The van der Waals surface area contributed by atoms with E-state index in [0.29, 0.717) is 0 Å². The highest BCUT2D eigenvalue weighted by atomic mass is 16.3. The fourth-order valence-corrected chi connectivity index (χ4v) is 9.84. The third-order valence-corrected chi connectivity index (χ3v) is 12.7. The summed E-state index contributed by atoms with van der Waals surface area (Å²) in [7, 11) is 0. The first-order chi connectivity index (χ1) is 27.3. The Morgan fingerprint density at radius 2 is 0.857 bits per heavy atom. The molecule has 0 aliphatic heterocycles. The molecule has 1 heterocycles. The molecule has 0 bridgehead atoms. The number of benzene rings is 8. The molecule has 0 radical (unpaired) electrons. The van der Waals surface area contributed by atoms with Crippen molar-refractivity contribution in [3.8, 4) is 44.5 Å². The Labute approximate surface area is 328 Å². The highest BCUT2D eigenvalue weighted by Crippen LogP contribution is 2.55. The molecule has 268 valence electrons. The van der Waals surface area contributed by atoms with Gasteiger partial charge in [-0.1, -0.05) is 173 Å². The van der Waals surface area contributed by atoms with Crippen LogP contribution in [0.15, 0.2) is 180 Å². The van der Waals surface area contributed by atoms with E-state index >= 15 is 0 Å². The van der Waals surface area contributed by atoms with Gasteiger partial charge in [-0.05, 0) is 80.4 Å². The number of furan rings is 1. The second-order valence-corrected chi connectivity index (χ2v) is 16.5. The summed E-state index contributed by atoms with van der Waals surface area (Å²) in [4.78, 5) is 2.43. The number of rotatable bonds is 5. The summed E-state index contributed by atoms with van der Waals surface area (Å²) in [6.07, 6.45) is 0. The van der Waals surface area contributed by atoms with Crippen LogP contribution in [0.25, 0.3) is 66.4 Å². The molecular weight excluding hydrogens is 679 g/mol. The van der Waals surface area contributed by atoms with Gasteiger partial charge >= 0.3 is 0 Å². The van der Waals surface area contributed by atoms with Gasteiger partial charge in [0.05, 0.1) is 5.69 Å². The van der Waals surface area contributed by atoms with Crippen LogP contribution < -0.4 is 4.90 Å². The number of nitrogens with zero attached hydrogens (tertiary/aromatic N) is 1. The Bertz CT molecular complexity index is 3000. The van der Waals surface area contributed by atoms with Crippen LogP contribution in [0, 0.1) is 0 Å². The first-order valence-corrected chi connectivity index (χ1v) is 19.7. The Morgan fingerprint density at radius 1 is 0.357 bits per heavy atom. The van der Waals surface area contributed by atoms with Crippen molar-refractivity contribution in [2.45, 2.75) is 38.5 Å². The van der Waals surface area contributed by atoms with E-state index in [1.807, 2.05) is 0 Å². The zero-order valence-corrected chi connectivity index (χ0v) is 32.1. The van der Waals surface area contributed by atoms with Gasteiger partial charge < -0.3 is 9.32 Å². The Hall–Kier alpha value is -6.64. The Balaban J connectivity index is 1.06. The van der Waals surface area contributed by atoms with Crippen LogP contribution in [0.4, 0.5) is 17.1 Å². The number of hydrogen-bond donors (Lipinski definition) is 0. The summed E-state index contributed by atoms with van der Waals surface area (Å²) in [5.74, 6) is 0. The average Bonchev–Trinajstić information content (AvgIpc) is 3.82. The molecule has 2 aliphatic rings. The molecule has 2 heteroatoms. The van der Waals surface area contributed by atoms with Gasteiger partial charge in [0.2, 0.25) is 0 Å². The minimum atomic E-state index is -0.0994. The molecule has 0 saturated heterocycles. The largest absolute Gasteiger partial charge is 0.455 e. The van der Waals surface area contributed by atoms with Crippen LogP contribution >= 0.6 is 0 Å². The third-order valence-electron chi connectivity index (χ3n) is 12.7. The molecule has 0 unspecified atom stereocenters. The quantitative estimate of drug-likeness (QED) is 0.176. The van der Waals surface area contributed by atoms with E-state index in [4.69, 9.17) is 4.42 Å². The summed E-state index contributed by atoms with van der Waals surface area (Å²) >= 11 is 0. The van der Waals surface area contributed by atoms with Crippen molar-refractivity contribution in [3.63, 3.8) is 0 Å². The Morgan fingerprint density at radius 3 is 1.54 bits per heavy atom. The first kappa shape index (κ1) is 32.8. The molecule has 56 heavy (non-hydrogen) atoms. The third kappa shape index (κ3) is 4.62. The molecule has 0 fully saturated rings. The number of fused-ring (bicyclic) bond motifs is 10. The maximum absolute atomic E-state index is 6.99. The van der Waals surface area contributed by atoms with E-state index in [1.165, 1.54) is 61.3 Å². The van der Waals surface area contributed by atoms with E-state index in [1.54, 1.807) is 0 Å². The van der Waals surface area contributed by atoms with Gasteiger partial charge in [-0.25, -0.2) is 0 Å². The van der Waals surface area contributed by atoms with Crippen molar-refractivity contribution in [1.29, 1.82) is 0 Å². The van der Waals surface area contributed by atoms with Crippen molar-refractivity contribution < 1.29 is 4.42 Å². The monoisotopic (exact) mass is 719 g/mol. The molecule has 2 nitrogen and oxygen atoms in total. The van der Waals surface area contributed by atoms with Crippen LogP contribution in [-0.4, -0.2) is 0 Å². The summed E-state index contributed by atoms with van der Waals surface area (Å²) in [6.45, 7) is 9.34. The average molecular weight is 720 g/mol. The zero-order chi connectivity index (χ0) is 37.8. The van der Waals surface area contributed by atoms with Crippen LogP contribution in [0.3, 0.4) is 0 Å². The minimum Gasteiger partial charge on any atom is -0.455 e. The predicted octanol–water partition coefficient (Wildman–Crippen LogP) is 15.0. The lowest BCUT2D eigenvalue weighted by atomic mass is 9.82. The maximum Gasteiger partial charge on any atom is 0.143 e. The van der Waals surface area contributed by atoms with Crippen LogP contribution in [0.1, 0.15) is 49.9 Å². The Kier molecular flexibility index (Phi) is 6.98. The lowest BCUT2D eigenvalue weighted by Gasteiger charge is -2.29. The van der Waals surface area contributed by atoms with E-state index in [9.17, 15) is 0 Å². The van der Waals surface area contributed by atoms with Gasteiger partial charge in [0.1, 0.15) is 11.2 Å². The normalized spacial score (nSPS) is 14.4. The van der Waals surface area contributed by atoms with Gasteiger partial charge in [-0.2, -0.15) is 0 Å². The van der Waals surface area contributed by atoms with Gasteiger partial charge in [-0.15, -0.1) is 0 Å². The van der Waals surface area contributed by atoms with Crippen LogP contribution in [-0.2, 0) is 10.8 Å². The summed E-state index contributed by atoms with van der Waals surface area (Å²) in [6, 6.07) is 64.3. The van der Waals surface area contributed by atoms with Crippen molar-refractivity contribution in [3.05, 3.63) is 198 Å². The summed E-state index contributed by atoms with van der Waals surface area (Å²) in [5.41, 5.74) is 20.3. The minimum absolute atomic E-state index is 0.0812. The highest BCUT2D eigenvalue weighted by Gasteiger charge is 2.39. The number of hydrogen-bond acceptors (Lipinski definition) is 2. The summed E-state index contributed by atoms with van der Waals surface area (Å²) in [5, 5.41) is 2.31. The standard InChI is InChI=1S/C54H41NO/c1-53(2)44-20-10-8-16-42(44)49-46(53)22-13-23-48(49)55(37-28-24-35(25-29-37)34-14-6-5-7-15-34)38-30-26-36(27-31-38)39-18-12-19-40-41-32-33-47-50(52(41)56-51(39)40)43-17-9-11-21-45(43)54(47,3)4/h5-33H,1-4H3. The molecular formula is C54H41NO. The highest BCUT2D eigenvalue weighted by molar-refractivity contribution is 6.14. The van der Waals surface area contributed by atoms with Gasteiger partial charge in [0.25, 0.3) is 0 Å². The number of para-hydroxylation sites is 1. The van der Waals surface area contributed by atoms with E-state index in [0.717, 1.165) is 44.4 Å². The fourth-order valence-electron chi connectivity index (χ4n) is 9.84. The molecule has 1 aromatic heterocycles. The lowest BCUT2D eigenvalue weighted by molar-refractivity contribution is 0.653. The fraction of sp³-hybridized carbons (Fsp3) is 0.111. The van der Waals surface area contributed by atoms with E-state index < -0.39 is 0 Å². The SMILES string of the molecule is CC1(C)c2ccccc2-c2c(N(c3ccc(-c4ccccc4)cc3)c3ccc(-c4cccc5c4oc4c6c(ccc45)C(C)(C)c4ccccc4-6)cc3)cccc21. The second kappa shape index (κ2) is 11.9. The van der Waals surface area contributed by atoms with Gasteiger partial charge in [0, 0.05) is 49.7 Å². The summed E-state index contributed by atoms with van der Waals surface area (Å²) < 4.78 is 6.99. The van der Waals surface area contributed by atoms with E-state index in [-0.39, 0.29) is 10.8 Å². The number of anilines is 3. The first-order valence-electron chi connectivity index (χ1n) is 19.7. The molecule has 0 spiro atoms. The van der Waals surface area contributed by atoms with Crippen molar-refractivity contribution in [1.82, 2.24) is 0 Å². The molecule has 8 aromatic carbocycles. The molecule has 0 atom stereocenters. The molecule has 9 aromatic rings. The zero-order valence-electron chi connectivity index (χ0n) is 32.1. The second-order valence-electron chi connectivity index (χ2n) is 16.5. The predicted molar refractivity (Wildman–Crippen MR) is 234 cm³/mol. The van der Waals surface area contributed by atoms with Crippen LogP contribution in [0.2, 0.25) is 0 Å². The maximum atomic E-state index is 6.99. The van der Waals surface area contributed by atoms with Crippen molar-refractivity contribution in [2.75, 3.05) is 4.90 Å². The van der Waals surface area contributed by atoms with Gasteiger partial charge in [-0.3, -0.25) is 0 Å². The van der Waals surface area contributed by atoms with Crippen molar-refractivity contribution >= 4 is 39.0 Å².